The van der Waals surface area contributed by atoms with Crippen molar-refractivity contribution < 1.29 is 13.2 Å². The summed E-state index contributed by atoms with van der Waals surface area (Å²) in [6.07, 6.45) is 3.11. The van der Waals surface area contributed by atoms with E-state index in [1.54, 1.807) is 12.3 Å². The van der Waals surface area contributed by atoms with Gasteiger partial charge in [-0.05, 0) is 59.1 Å². The minimum atomic E-state index is -0.828. The lowest BCUT2D eigenvalue weighted by atomic mass is 10.0. The lowest BCUT2D eigenvalue weighted by molar-refractivity contribution is 0.407. The standard InChI is InChI=1S/C15H16BrF2NO/c1-2-6-19-14(15-11(16)5-7-20-15)9-10-3-4-12(17)13(18)8-10/h3-5,7-8,14,19H,2,6,9H2,1H3. The Balaban J connectivity index is 2.19. The maximum Gasteiger partial charge on any atom is 0.159 e. The van der Waals surface area contributed by atoms with Crippen LogP contribution in [-0.2, 0) is 6.42 Å². The molecule has 1 heterocycles. The fourth-order valence-corrected chi connectivity index (χ4v) is 2.51. The van der Waals surface area contributed by atoms with Gasteiger partial charge in [-0.1, -0.05) is 13.0 Å². The van der Waals surface area contributed by atoms with Gasteiger partial charge in [0.1, 0.15) is 5.76 Å². The molecule has 0 spiro atoms. The molecule has 2 aromatic rings. The van der Waals surface area contributed by atoms with Gasteiger partial charge in [0.2, 0.25) is 0 Å². The average molecular weight is 344 g/mol. The van der Waals surface area contributed by atoms with E-state index in [2.05, 4.69) is 28.2 Å². The van der Waals surface area contributed by atoms with Gasteiger partial charge in [-0.25, -0.2) is 8.78 Å². The van der Waals surface area contributed by atoms with Crippen LogP contribution in [0.1, 0.15) is 30.7 Å². The normalized spacial score (nSPS) is 12.6. The first kappa shape index (κ1) is 15.2. The highest BCUT2D eigenvalue weighted by Crippen LogP contribution is 2.27. The third-order valence-electron chi connectivity index (χ3n) is 3.03. The van der Waals surface area contributed by atoms with Crippen LogP contribution in [-0.4, -0.2) is 6.54 Å². The maximum absolute atomic E-state index is 13.3. The molecule has 0 fully saturated rings. The van der Waals surface area contributed by atoms with E-state index in [1.165, 1.54) is 6.07 Å². The SMILES string of the molecule is CCCNC(Cc1ccc(F)c(F)c1)c1occc1Br. The van der Waals surface area contributed by atoms with Crippen molar-refractivity contribution in [2.24, 2.45) is 0 Å². The predicted octanol–water partition coefficient (Wildman–Crippen LogP) is 4.60. The van der Waals surface area contributed by atoms with Gasteiger partial charge in [-0.2, -0.15) is 0 Å². The van der Waals surface area contributed by atoms with Gasteiger partial charge in [-0.3, -0.25) is 0 Å². The Hall–Kier alpha value is -1.20. The Labute approximate surface area is 125 Å². The van der Waals surface area contributed by atoms with Crippen molar-refractivity contribution in [1.82, 2.24) is 5.32 Å². The van der Waals surface area contributed by atoms with Crippen molar-refractivity contribution in [2.45, 2.75) is 25.8 Å². The van der Waals surface area contributed by atoms with E-state index in [0.717, 1.165) is 34.8 Å². The summed E-state index contributed by atoms with van der Waals surface area (Å²) in [7, 11) is 0. The molecule has 0 aliphatic rings. The van der Waals surface area contributed by atoms with E-state index in [4.69, 9.17) is 4.42 Å². The summed E-state index contributed by atoms with van der Waals surface area (Å²) in [6.45, 7) is 2.89. The summed E-state index contributed by atoms with van der Waals surface area (Å²) in [5.74, 6) is -0.885. The van der Waals surface area contributed by atoms with Crippen molar-refractivity contribution >= 4 is 15.9 Å². The number of furan rings is 1. The summed E-state index contributed by atoms with van der Waals surface area (Å²) in [6, 6.07) is 5.71. The molecule has 0 saturated heterocycles. The molecular weight excluding hydrogens is 328 g/mol. The van der Waals surface area contributed by atoms with Gasteiger partial charge in [0.05, 0.1) is 16.8 Å². The van der Waals surface area contributed by atoms with Crippen LogP contribution in [0.2, 0.25) is 0 Å². The van der Waals surface area contributed by atoms with E-state index < -0.39 is 11.6 Å². The zero-order valence-corrected chi connectivity index (χ0v) is 12.7. The van der Waals surface area contributed by atoms with Crippen molar-refractivity contribution in [3.8, 4) is 0 Å². The first-order valence-electron chi connectivity index (χ1n) is 6.52. The quantitative estimate of drug-likeness (QED) is 0.828. The molecule has 1 aromatic carbocycles. The van der Waals surface area contributed by atoms with Crippen LogP contribution < -0.4 is 5.32 Å². The lowest BCUT2D eigenvalue weighted by Crippen LogP contribution is -2.24. The smallest absolute Gasteiger partial charge is 0.159 e. The summed E-state index contributed by atoms with van der Waals surface area (Å²) >= 11 is 3.43. The van der Waals surface area contributed by atoms with Gasteiger partial charge in [0, 0.05) is 0 Å². The number of hydrogen-bond donors (Lipinski definition) is 1. The average Bonchev–Trinajstić information content (AvgIpc) is 2.85. The zero-order valence-electron chi connectivity index (χ0n) is 11.1. The highest BCUT2D eigenvalue weighted by molar-refractivity contribution is 9.10. The minimum absolute atomic E-state index is 0.0795. The third kappa shape index (κ3) is 3.67. The second-order valence-corrected chi connectivity index (χ2v) is 5.45. The van der Waals surface area contributed by atoms with Crippen molar-refractivity contribution in [1.29, 1.82) is 0 Å². The first-order chi connectivity index (χ1) is 9.61. The summed E-state index contributed by atoms with van der Waals surface area (Å²) in [5, 5.41) is 3.36. The molecule has 0 bridgehead atoms. The summed E-state index contributed by atoms with van der Waals surface area (Å²) in [5.41, 5.74) is 0.723. The second-order valence-electron chi connectivity index (χ2n) is 4.59. The molecule has 1 atom stereocenters. The molecule has 0 radical (unpaired) electrons. The largest absolute Gasteiger partial charge is 0.466 e. The van der Waals surface area contributed by atoms with Crippen LogP contribution in [0.5, 0.6) is 0 Å². The monoisotopic (exact) mass is 343 g/mol. The fourth-order valence-electron chi connectivity index (χ4n) is 2.03. The summed E-state index contributed by atoms with van der Waals surface area (Å²) in [4.78, 5) is 0. The van der Waals surface area contributed by atoms with Crippen LogP contribution in [0.15, 0.2) is 39.4 Å². The topological polar surface area (TPSA) is 25.2 Å². The number of rotatable bonds is 6. The zero-order chi connectivity index (χ0) is 14.5. The minimum Gasteiger partial charge on any atom is -0.466 e. The van der Waals surface area contributed by atoms with Crippen molar-refractivity contribution in [3.05, 3.63) is 58.0 Å². The highest BCUT2D eigenvalue weighted by Gasteiger charge is 2.18. The Kier molecular flexibility index (Phi) is 5.31. The molecule has 2 rings (SSSR count). The Morgan fingerprint density at radius 2 is 2.05 bits per heavy atom. The molecule has 1 N–H and O–H groups in total. The lowest BCUT2D eigenvalue weighted by Gasteiger charge is -2.17. The Morgan fingerprint density at radius 3 is 2.65 bits per heavy atom. The summed E-state index contributed by atoms with van der Waals surface area (Å²) < 4.78 is 32.6. The van der Waals surface area contributed by atoms with Gasteiger partial charge < -0.3 is 9.73 Å². The van der Waals surface area contributed by atoms with Crippen LogP contribution >= 0.6 is 15.9 Å². The van der Waals surface area contributed by atoms with Crippen LogP contribution in [0.25, 0.3) is 0 Å². The van der Waals surface area contributed by atoms with Crippen LogP contribution in [0, 0.1) is 11.6 Å². The number of halogens is 3. The van der Waals surface area contributed by atoms with E-state index in [0.29, 0.717) is 6.42 Å². The molecule has 108 valence electrons. The molecule has 0 aliphatic carbocycles. The molecule has 0 amide bonds. The van der Waals surface area contributed by atoms with E-state index >= 15 is 0 Å². The second kappa shape index (κ2) is 6.99. The molecule has 2 nitrogen and oxygen atoms in total. The van der Waals surface area contributed by atoms with E-state index in [9.17, 15) is 8.78 Å². The molecule has 5 heteroatoms. The van der Waals surface area contributed by atoms with Crippen molar-refractivity contribution in [3.63, 3.8) is 0 Å². The number of hydrogen-bond acceptors (Lipinski definition) is 2. The van der Waals surface area contributed by atoms with Crippen molar-refractivity contribution in [2.75, 3.05) is 6.54 Å². The van der Waals surface area contributed by atoms with Crippen LogP contribution in [0.3, 0.4) is 0 Å². The highest BCUT2D eigenvalue weighted by atomic mass is 79.9. The number of nitrogens with one attached hydrogen (secondary N) is 1. The Morgan fingerprint density at radius 1 is 1.25 bits per heavy atom. The fraction of sp³-hybridized carbons (Fsp3) is 0.333. The molecule has 0 saturated carbocycles. The molecule has 1 aromatic heterocycles. The van der Waals surface area contributed by atoms with E-state index in [-0.39, 0.29) is 6.04 Å². The first-order valence-corrected chi connectivity index (χ1v) is 7.31. The molecule has 20 heavy (non-hydrogen) atoms. The van der Waals surface area contributed by atoms with Gasteiger partial charge >= 0.3 is 0 Å². The molecular formula is C15H16BrF2NO. The van der Waals surface area contributed by atoms with Gasteiger partial charge in [0.25, 0.3) is 0 Å². The van der Waals surface area contributed by atoms with E-state index in [1.807, 2.05) is 6.07 Å². The maximum atomic E-state index is 13.3. The molecule has 0 aliphatic heterocycles. The van der Waals surface area contributed by atoms with Gasteiger partial charge in [-0.15, -0.1) is 0 Å². The number of benzene rings is 1. The predicted molar refractivity (Wildman–Crippen MR) is 77.5 cm³/mol. The third-order valence-corrected chi connectivity index (χ3v) is 3.68. The van der Waals surface area contributed by atoms with Crippen LogP contribution in [0.4, 0.5) is 8.78 Å². The Bertz CT molecular complexity index is 571. The van der Waals surface area contributed by atoms with Gasteiger partial charge in [0.15, 0.2) is 11.6 Å². The molecule has 1 unspecified atom stereocenters.